The van der Waals surface area contributed by atoms with Crippen molar-refractivity contribution < 1.29 is 0 Å². The lowest BCUT2D eigenvalue weighted by Gasteiger charge is -2.13. The van der Waals surface area contributed by atoms with Gasteiger partial charge in [-0.05, 0) is 43.2 Å². The van der Waals surface area contributed by atoms with E-state index in [-0.39, 0.29) is 0 Å². The molecule has 0 amide bonds. The van der Waals surface area contributed by atoms with Gasteiger partial charge in [0.05, 0.1) is 5.52 Å². The van der Waals surface area contributed by atoms with Gasteiger partial charge >= 0.3 is 0 Å². The Bertz CT molecular complexity index is 1210. The first-order valence-corrected chi connectivity index (χ1v) is 9.32. The number of terminal acetylenes is 1. The van der Waals surface area contributed by atoms with Crippen molar-refractivity contribution >= 4 is 39.3 Å². The third kappa shape index (κ3) is 3.45. The van der Waals surface area contributed by atoms with Crippen LogP contribution in [0.2, 0.25) is 0 Å². The van der Waals surface area contributed by atoms with E-state index in [9.17, 15) is 0 Å². The second kappa shape index (κ2) is 7.53. The molecule has 0 bridgehead atoms. The van der Waals surface area contributed by atoms with Crippen molar-refractivity contribution in [1.82, 2.24) is 15.0 Å². The number of nitrogens with zero attached hydrogens (tertiary/aromatic N) is 3. The lowest BCUT2D eigenvalue weighted by atomic mass is 10.1. The molecule has 5 heteroatoms. The van der Waals surface area contributed by atoms with Gasteiger partial charge in [-0.1, -0.05) is 31.0 Å². The molecule has 2 heterocycles. The van der Waals surface area contributed by atoms with Crippen LogP contribution in [0.25, 0.3) is 21.8 Å². The van der Waals surface area contributed by atoms with Gasteiger partial charge in [0.2, 0.25) is 5.95 Å². The minimum atomic E-state index is 0.600. The lowest BCUT2D eigenvalue weighted by Crippen LogP contribution is -2.05. The zero-order valence-corrected chi connectivity index (χ0v) is 16.0. The number of aryl methyl sites for hydroxylation is 1. The quantitative estimate of drug-likeness (QED) is 0.382. The number of rotatable bonds is 5. The summed E-state index contributed by atoms with van der Waals surface area (Å²) in [7, 11) is 0. The zero-order valence-electron chi connectivity index (χ0n) is 16.0. The van der Waals surface area contributed by atoms with Crippen molar-refractivity contribution in [3.8, 4) is 12.3 Å². The maximum Gasteiger partial charge on any atom is 0.223 e. The fourth-order valence-corrected chi connectivity index (χ4v) is 3.13. The molecule has 2 aromatic carbocycles. The monoisotopic (exact) mass is 367 g/mol. The number of benzene rings is 2. The first-order chi connectivity index (χ1) is 13.7. The minimum Gasteiger partial charge on any atom is -0.354 e. The molecule has 0 aliphatic heterocycles. The second-order valence-electron chi connectivity index (χ2n) is 6.71. The highest BCUT2D eigenvalue weighted by molar-refractivity contribution is 6.08. The fourth-order valence-electron chi connectivity index (χ4n) is 3.13. The molecule has 2 N–H and O–H groups in total. The molecule has 0 fully saturated rings. The van der Waals surface area contributed by atoms with Crippen LogP contribution < -0.4 is 10.6 Å². The van der Waals surface area contributed by atoms with E-state index < -0.39 is 0 Å². The van der Waals surface area contributed by atoms with Gasteiger partial charge in [0.15, 0.2) is 5.82 Å². The molecule has 0 unspecified atom stereocenters. The van der Waals surface area contributed by atoms with Gasteiger partial charge in [-0.15, -0.1) is 6.42 Å². The van der Waals surface area contributed by atoms with Gasteiger partial charge < -0.3 is 10.6 Å². The molecule has 4 aromatic rings. The number of hydrogen-bond acceptors (Lipinski definition) is 5. The maximum absolute atomic E-state index is 5.54. The summed E-state index contributed by atoms with van der Waals surface area (Å²) in [6, 6.07) is 13.9. The number of pyridine rings is 1. The van der Waals surface area contributed by atoms with Gasteiger partial charge in [0.1, 0.15) is 5.52 Å². The first kappa shape index (κ1) is 17.7. The number of nitrogens with one attached hydrogen (secondary N) is 2. The van der Waals surface area contributed by atoms with Crippen LogP contribution in [-0.4, -0.2) is 21.5 Å². The molecule has 0 aliphatic rings. The summed E-state index contributed by atoms with van der Waals surface area (Å²) in [5.74, 6) is 3.95. The van der Waals surface area contributed by atoms with Gasteiger partial charge in [0.25, 0.3) is 0 Å². The van der Waals surface area contributed by atoms with Crippen LogP contribution in [0.4, 0.5) is 17.5 Å². The molecule has 0 spiro atoms. The number of anilines is 3. The normalized spacial score (nSPS) is 10.8. The van der Waals surface area contributed by atoms with Crippen LogP contribution >= 0.6 is 0 Å². The van der Waals surface area contributed by atoms with E-state index in [2.05, 4.69) is 53.6 Å². The topological polar surface area (TPSA) is 62.7 Å². The van der Waals surface area contributed by atoms with E-state index in [1.54, 1.807) is 0 Å². The Balaban J connectivity index is 1.90. The Morgan fingerprint density at radius 2 is 1.96 bits per heavy atom. The Hall–Kier alpha value is -3.65. The number of aromatic nitrogens is 3. The Morgan fingerprint density at radius 3 is 2.79 bits per heavy atom. The third-order valence-corrected chi connectivity index (χ3v) is 4.51. The van der Waals surface area contributed by atoms with Crippen LogP contribution in [0.5, 0.6) is 0 Å². The Kier molecular flexibility index (Phi) is 4.77. The summed E-state index contributed by atoms with van der Waals surface area (Å²) in [5.41, 5.74) is 4.52. The summed E-state index contributed by atoms with van der Waals surface area (Å²) < 4.78 is 0. The highest BCUT2D eigenvalue weighted by Gasteiger charge is 2.12. The van der Waals surface area contributed by atoms with Gasteiger partial charge in [0, 0.05) is 34.8 Å². The second-order valence-corrected chi connectivity index (χ2v) is 6.71. The van der Waals surface area contributed by atoms with E-state index in [0.29, 0.717) is 11.8 Å². The van der Waals surface area contributed by atoms with Crippen molar-refractivity contribution in [2.75, 3.05) is 17.2 Å². The minimum absolute atomic E-state index is 0.600. The molecule has 0 atom stereocenters. The zero-order chi connectivity index (χ0) is 19.5. The first-order valence-electron chi connectivity index (χ1n) is 9.32. The highest BCUT2D eigenvalue weighted by Crippen LogP contribution is 2.30. The average Bonchev–Trinajstić information content (AvgIpc) is 2.72. The largest absolute Gasteiger partial charge is 0.354 e. The summed E-state index contributed by atoms with van der Waals surface area (Å²) in [5, 5.41) is 8.63. The standard InChI is InChI=1S/C23H21N5/c1-4-11-24-23-25-14-19-18-10-9-15(3)12-20(18)27-22(21(19)28-23)26-17-8-6-7-16(5-2)13-17/h2,6-10,12-14H,4,11H2,1,3H3,(H,26,27)(H,24,25,28). The molecule has 4 rings (SSSR count). The van der Waals surface area contributed by atoms with Crippen LogP contribution in [0.3, 0.4) is 0 Å². The highest BCUT2D eigenvalue weighted by atomic mass is 15.1. The molecule has 0 saturated carbocycles. The summed E-state index contributed by atoms with van der Waals surface area (Å²) in [6.07, 6.45) is 8.40. The van der Waals surface area contributed by atoms with Crippen LogP contribution in [0, 0.1) is 19.3 Å². The molecule has 2 aromatic heterocycles. The van der Waals surface area contributed by atoms with E-state index in [1.165, 1.54) is 0 Å². The van der Waals surface area contributed by atoms with Gasteiger partial charge in [-0.3, -0.25) is 0 Å². The molecule has 0 saturated heterocycles. The van der Waals surface area contributed by atoms with Gasteiger partial charge in [-0.2, -0.15) is 0 Å². The molecular formula is C23H21N5. The number of fused-ring (bicyclic) bond motifs is 3. The van der Waals surface area contributed by atoms with Crippen molar-refractivity contribution in [1.29, 1.82) is 0 Å². The van der Waals surface area contributed by atoms with E-state index in [1.807, 2.05) is 30.5 Å². The van der Waals surface area contributed by atoms with Crippen LogP contribution in [-0.2, 0) is 0 Å². The van der Waals surface area contributed by atoms with E-state index >= 15 is 0 Å². The lowest BCUT2D eigenvalue weighted by molar-refractivity contribution is 0.957. The fraction of sp³-hybridized carbons (Fsp3) is 0.174. The Labute approximate surface area is 164 Å². The SMILES string of the molecule is C#Cc1cccc(Nc2nc3cc(C)ccc3c3cnc(NCCC)nc23)c1. The van der Waals surface area contributed by atoms with Crippen LogP contribution in [0.15, 0.2) is 48.7 Å². The molecule has 28 heavy (non-hydrogen) atoms. The predicted molar refractivity (Wildman–Crippen MR) is 116 cm³/mol. The molecule has 0 radical (unpaired) electrons. The Morgan fingerprint density at radius 1 is 1.07 bits per heavy atom. The van der Waals surface area contributed by atoms with Crippen molar-refractivity contribution in [3.63, 3.8) is 0 Å². The molecule has 138 valence electrons. The molecule has 5 nitrogen and oxygen atoms in total. The predicted octanol–water partition coefficient (Wildman–Crippen LogP) is 5.03. The summed E-state index contributed by atoms with van der Waals surface area (Å²) >= 11 is 0. The smallest absolute Gasteiger partial charge is 0.223 e. The van der Waals surface area contributed by atoms with Crippen molar-refractivity contribution in [2.24, 2.45) is 0 Å². The molecule has 0 aliphatic carbocycles. The van der Waals surface area contributed by atoms with Crippen molar-refractivity contribution in [3.05, 3.63) is 59.8 Å². The summed E-state index contributed by atoms with van der Waals surface area (Å²) in [6.45, 7) is 4.98. The molecular weight excluding hydrogens is 346 g/mol. The van der Waals surface area contributed by atoms with E-state index in [4.69, 9.17) is 16.4 Å². The average molecular weight is 367 g/mol. The third-order valence-electron chi connectivity index (χ3n) is 4.51. The van der Waals surface area contributed by atoms with Crippen LogP contribution in [0.1, 0.15) is 24.5 Å². The van der Waals surface area contributed by atoms with E-state index in [0.717, 1.165) is 51.6 Å². The van der Waals surface area contributed by atoms with Crippen molar-refractivity contribution in [2.45, 2.75) is 20.3 Å². The number of hydrogen-bond donors (Lipinski definition) is 2. The van der Waals surface area contributed by atoms with Gasteiger partial charge in [-0.25, -0.2) is 15.0 Å². The maximum atomic E-state index is 5.54. The summed E-state index contributed by atoms with van der Waals surface area (Å²) in [4.78, 5) is 14.1.